The zero-order valence-electron chi connectivity index (χ0n) is 6.19. The van der Waals surface area contributed by atoms with Gasteiger partial charge in [-0.3, -0.25) is 4.55 Å². The second-order valence-electron chi connectivity index (χ2n) is 1.25. The zero-order chi connectivity index (χ0) is 10.6. The van der Waals surface area contributed by atoms with Gasteiger partial charge in [0.15, 0.2) is 0 Å². The molecule has 13 heavy (non-hydrogen) atoms. The summed E-state index contributed by atoms with van der Waals surface area (Å²) in [4.78, 5) is 0. The topological polar surface area (TPSA) is 118 Å². The monoisotopic (exact) mass is 250 g/mol. The standard InChI is InChI=1S/CHF3O3S.BH2O3.K/c2-1(3,4)8(5,6)7;2-1(3)4;/h(H,5,6,7);2-3H;/q;-1;+1. The van der Waals surface area contributed by atoms with E-state index in [2.05, 4.69) is 0 Å². The van der Waals surface area contributed by atoms with E-state index in [0.29, 0.717) is 0 Å². The fourth-order valence-corrected chi connectivity index (χ4v) is 0. The molecule has 3 N–H and O–H groups in total. The SMILES string of the molecule is O=S(=O)(O)C(F)(F)F.[K+].[O-]B(O)O. The summed E-state index contributed by atoms with van der Waals surface area (Å²) in [7, 11) is -8.26. The van der Waals surface area contributed by atoms with Crippen molar-refractivity contribution in [3.8, 4) is 0 Å². The van der Waals surface area contributed by atoms with Crippen molar-refractivity contribution in [1.29, 1.82) is 0 Å². The first-order valence-electron chi connectivity index (χ1n) is 2.04. The van der Waals surface area contributed by atoms with Gasteiger partial charge >= 0.3 is 74.3 Å². The number of halogens is 3. The normalized spacial score (nSPS) is 10.7. The zero-order valence-corrected chi connectivity index (χ0v) is 10.1. The molecular weight excluding hydrogens is 247 g/mol. The summed E-state index contributed by atoms with van der Waals surface area (Å²) < 4.78 is 57.5. The van der Waals surface area contributed by atoms with Crippen molar-refractivity contribution in [2.75, 3.05) is 0 Å². The molecule has 0 atom stereocenters. The van der Waals surface area contributed by atoms with Gasteiger partial charge < -0.3 is 15.1 Å². The van der Waals surface area contributed by atoms with Crippen LogP contribution in [-0.4, -0.2) is 35.8 Å². The van der Waals surface area contributed by atoms with Crippen LogP contribution in [0.15, 0.2) is 0 Å². The first-order valence-corrected chi connectivity index (χ1v) is 3.48. The van der Waals surface area contributed by atoms with Gasteiger partial charge in [0.05, 0.1) is 0 Å². The van der Waals surface area contributed by atoms with E-state index in [1.807, 2.05) is 0 Å². The number of rotatable bonds is 0. The molecule has 0 bridgehead atoms. The van der Waals surface area contributed by atoms with Crippen LogP contribution in [0.2, 0.25) is 0 Å². The first kappa shape index (κ1) is 19.8. The number of alkyl halides is 3. The number of hydrogen-bond donors (Lipinski definition) is 3. The van der Waals surface area contributed by atoms with Crippen LogP contribution in [0.4, 0.5) is 13.2 Å². The van der Waals surface area contributed by atoms with Crippen LogP contribution in [0.5, 0.6) is 0 Å². The van der Waals surface area contributed by atoms with Crippen molar-refractivity contribution < 1.29 is 92.6 Å². The van der Waals surface area contributed by atoms with Crippen LogP contribution < -0.4 is 56.4 Å². The predicted octanol–water partition coefficient (Wildman–Crippen LogP) is -5.29. The second-order valence-corrected chi connectivity index (χ2v) is 2.66. The molecule has 0 aromatic heterocycles. The summed E-state index contributed by atoms with van der Waals surface area (Å²) in [5.41, 5.74) is -5.53. The third-order valence-electron chi connectivity index (χ3n) is 0.292. The van der Waals surface area contributed by atoms with E-state index < -0.39 is 22.9 Å². The Kier molecular flexibility index (Phi) is 11.5. The Morgan fingerprint density at radius 2 is 1.31 bits per heavy atom. The molecule has 0 aromatic rings. The quantitative estimate of drug-likeness (QED) is 0.224. The third-order valence-corrected chi connectivity index (χ3v) is 0.877. The molecular formula is CH3BF3KO6S. The molecule has 0 aliphatic rings. The molecule has 0 heterocycles. The largest absolute Gasteiger partial charge is 1.00 e. The minimum absolute atomic E-state index is 0. The maximum absolute atomic E-state index is 10.7. The second kappa shape index (κ2) is 7.56. The molecule has 0 fully saturated rings. The molecule has 0 unspecified atom stereocenters. The van der Waals surface area contributed by atoms with Crippen LogP contribution in [0.3, 0.4) is 0 Å². The van der Waals surface area contributed by atoms with Gasteiger partial charge in [0.2, 0.25) is 0 Å². The maximum atomic E-state index is 10.7. The fraction of sp³-hybridized carbons (Fsp3) is 1.00. The summed E-state index contributed by atoms with van der Waals surface area (Å²) in [6.07, 6.45) is 0. The molecule has 6 nitrogen and oxygen atoms in total. The fourth-order valence-electron chi connectivity index (χ4n) is 0. The summed E-state index contributed by atoms with van der Waals surface area (Å²) in [5, 5.41) is 22.8. The van der Waals surface area contributed by atoms with E-state index in [4.69, 9.17) is 28.0 Å². The van der Waals surface area contributed by atoms with Gasteiger partial charge in [-0.2, -0.15) is 21.6 Å². The van der Waals surface area contributed by atoms with Gasteiger partial charge in [-0.25, -0.2) is 0 Å². The molecule has 0 aliphatic carbocycles. The molecule has 0 aliphatic heterocycles. The number of hydrogen-bond acceptors (Lipinski definition) is 5. The molecule has 74 valence electrons. The van der Waals surface area contributed by atoms with E-state index in [-0.39, 0.29) is 51.4 Å². The molecule has 12 heteroatoms. The van der Waals surface area contributed by atoms with Gasteiger partial charge in [0.25, 0.3) is 0 Å². The molecule has 0 saturated heterocycles. The third kappa shape index (κ3) is 16.0. The Hall–Kier alpha value is 1.28. The van der Waals surface area contributed by atoms with E-state index in [9.17, 15) is 13.2 Å². The van der Waals surface area contributed by atoms with Crippen LogP contribution in [0.1, 0.15) is 0 Å². The van der Waals surface area contributed by atoms with Crippen molar-refractivity contribution in [3.05, 3.63) is 0 Å². The Morgan fingerprint density at radius 3 is 1.31 bits per heavy atom. The summed E-state index contributed by atoms with van der Waals surface area (Å²) >= 11 is 0. The van der Waals surface area contributed by atoms with Crippen molar-refractivity contribution >= 4 is 17.4 Å². The van der Waals surface area contributed by atoms with Crippen molar-refractivity contribution in [2.45, 2.75) is 5.51 Å². The minimum atomic E-state index is -5.84. The van der Waals surface area contributed by atoms with Gasteiger partial charge in [0, 0.05) is 0 Å². The van der Waals surface area contributed by atoms with Crippen molar-refractivity contribution in [2.24, 2.45) is 0 Å². The van der Waals surface area contributed by atoms with E-state index in [1.54, 1.807) is 0 Å². The van der Waals surface area contributed by atoms with Gasteiger partial charge in [-0.15, -0.1) is 0 Å². The summed E-state index contributed by atoms with van der Waals surface area (Å²) in [6.45, 7) is 0. The van der Waals surface area contributed by atoms with Crippen LogP contribution in [0.25, 0.3) is 0 Å². The van der Waals surface area contributed by atoms with Crippen molar-refractivity contribution in [1.82, 2.24) is 0 Å². The molecule has 0 radical (unpaired) electrons. The first-order chi connectivity index (χ1) is 4.98. The average Bonchev–Trinajstić information content (AvgIpc) is 1.55. The molecule has 0 amide bonds. The van der Waals surface area contributed by atoms with Crippen LogP contribution in [-0.2, 0) is 10.1 Å². The average molecular weight is 250 g/mol. The Labute approximate surface area is 114 Å². The van der Waals surface area contributed by atoms with E-state index in [0.717, 1.165) is 0 Å². The Balaban J connectivity index is -0.000000173. The van der Waals surface area contributed by atoms with E-state index >= 15 is 0 Å². The Bertz CT molecular complexity index is 208. The smallest absolute Gasteiger partial charge is 0.832 e. The molecule has 0 saturated carbocycles. The summed E-state index contributed by atoms with van der Waals surface area (Å²) in [6, 6.07) is 0. The van der Waals surface area contributed by atoms with E-state index in [1.165, 1.54) is 0 Å². The maximum Gasteiger partial charge on any atom is 1.00 e. The van der Waals surface area contributed by atoms with Crippen molar-refractivity contribution in [3.63, 3.8) is 0 Å². The summed E-state index contributed by atoms with van der Waals surface area (Å²) in [5.74, 6) is 0. The molecule has 0 rings (SSSR count). The minimum Gasteiger partial charge on any atom is -0.832 e. The van der Waals surface area contributed by atoms with Gasteiger partial charge in [0.1, 0.15) is 0 Å². The Morgan fingerprint density at radius 1 is 1.23 bits per heavy atom. The predicted molar refractivity (Wildman–Crippen MR) is 27.8 cm³/mol. The molecule has 0 aromatic carbocycles. The van der Waals surface area contributed by atoms with Crippen LogP contribution >= 0.6 is 0 Å². The van der Waals surface area contributed by atoms with Crippen LogP contribution in [0, 0.1) is 0 Å². The molecule has 0 spiro atoms. The van der Waals surface area contributed by atoms with Gasteiger partial charge in [-0.05, 0) is 0 Å². The van der Waals surface area contributed by atoms with Gasteiger partial charge in [-0.1, -0.05) is 0 Å².